The van der Waals surface area contributed by atoms with Gasteiger partial charge in [-0.1, -0.05) is 6.07 Å². The number of carbonyl (C=O) groups is 1. The van der Waals surface area contributed by atoms with E-state index in [-0.39, 0.29) is 5.91 Å². The van der Waals surface area contributed by atoms with Crippen molar-refractivity contribution in [3.63, 3.8) is 0 Å². The number of nitrogens with one attached hydrogen (secondary N) is 2. The van der Waals surface area contributed by atoms with Crippen LogP contribution in [0.5, 0.6) is 5.75 Å². The first-order chi connectivity index (χ1) is 9.78. The van der Waals surface area contributed by atoms with Crippen molar-refractivity contribution in [3.05, 3.63) is 54.4 Å². The fourth-order valence-electron chi connectivity index (χ4n) is 2.02. The van der Waals surface area contributed by atoms with Crippen molar-refractivity contribution in [2.75, 3.05) is 12.4 Å². The molecule has 20 heavy (non-hydrogen) atoms. The monoisotopic (exact) mass is 267 g/mol. The Morgan fingerprint density at radius 1 is 1.30 bits per heavy atom. The third-order valence-electron chi connectivity index (χ3n) is 3.04. The molecule has 1 aromatic carbocycles. The minimum absolute atomic E-state index is 0.224. The van der Waals surface area contributed by atoms with Gasteiger partial charge in [0.2, 0.25) is 0 Å². The lowest BCUT2D eigenvalue weighted by atomic mass is 10.1. The molecule has 0 unspecified atom stereocenters. The first-order valence-electron chi connectivity index (χ1n) is 6.15. The predicted molar refractivity (Wildman–Crippen MR) is 77.0 cm³/mol. The molecular weight excluding hydrogens is 254 g/mol. The van der Waals surface area contributed by atoms with E-state index in [2.05, 4.69) is 15.3 Å². The van der Waals surface area contributed by atoms with Crippen LogP contribution in [0.15, 0.2) is 48.8 Å². The fraction of sp³-hybridized carbons (Fsp3) is 0.0667. The number of fused-ring (bicyclic) bond motifs is 1. The van der Waals surface area contributed by atoms with Crippen LogP contribution in [-0.2, 0) is 0 Å². The smallest absolute Gasteiger partial charge is 0.256 e. The number of hydrogen-bond acceptors (Lipinski definition) is 3. The van der Waals surface area contributed by atoms with Crippen molar-refractivity contribution in [2.45, 2.75) is 0 Å². The molecule has 0 aliphatic rings. The van der Waals surface area contributed by atoms with Crippen LogP contribution in [0.4, 0.5) is 5.82 Å². The predicted octanol–water partition coefficient (Wildman–Crippen LogP) is 2.82. The first kappa shape index (κ1) is 12.2. The second-order valence-electron chi connectivity index (χ2n) is 4.29. The molecule has 0 bridgehead atoms. The van der Waals surface area contributed by atoms with E-state index in [0.717, 1.165) is 10.9 Å². The average Bonchev–Trinajstić information content (AvgIpc) is 2.95. The number of aromatic nitrogens is 2. The summed E-state index contributed by atoms with van der Waals surface area (Å²) in [5.74, 6) is 0.715. The standard InChI is InChI=1S/C15H13N3O2/c1-20-13-3-2-7-17-14(13)18-15(19)11-5-4-10-6-8-16-12(10)9-11/h2-9,16H,1H3,(H,17,18,19). The number of hydrogen-bond donors (Lipinski definition) is 2. The van der Waals surface area contributed by atoms with Crippen molar-refractivity contribution < 1.29 is 9.53 Å². The van der Waals surface area contributed by atoms with Crippen LogP contribution in [0, 0.1) is 0 Å². The summed E-state index contributed by atoms with van der Waals surface area (Å²) in [6.45, 7) is 0. The molecule has 100 valence electrons. The van der Waals surface area contributed by atoms with Crippen LogP contribution in [0.1, 0.15) is 10.4 Å². The molecule has 5 heteroatoms. The Balaban J connectivity index is 1.88. The fourth-order valence-corrected chi connectivity index (χ4v) is 2.02. The Kier molecular flexibility index (Phi) is 3.09. The maximum atomic E-state index is 12.2. The van der Waals surface area contributed by atoms with Crippen molar-refractivity contribution in [1.82, 2.24) is 9.97 Å². The number of rotatable bonds is 3. The molecule has 0 radical (unpaired) electrons. The Labute approximate surface area is 115 Å². The van der Waals surface area contributed by atoms with Crippen LogP contribution < -0.4 is 10.1 Å². The SMILES string of the molecule is COc1cccnc1NC(=O)c1ccc2cc[nH]c2c1. The molecule has 5 nitrogen and oxygen atoms in total. The summed E-state index contributed by atoms with van der Waals surface area (Å²) in [5.41, 5.74) is 1.48. The normalized spacial score (nSPS) is 10.4. The molecule has 0 saturated carbocycles. The molecule has 0 saturated heterocycles. The summed E-state index contributed by atoms with van der Waals surface area (Å²) in [4.78, 5) is 19.4. The molecular formula is C15H13N3O2. The van der Waals surface area contributed by atoms with Crippen LogP contribution in [0.2, 0.25) is 0 Å². The highest BCUT2D eigenvalue weighted by Gasteiger charge is 2.11. The van der Waals surface area contributed by atoms with E-state index < -0.39 is 0 Å². The minimum atomic E-state index is -0.224. The summed E-state index contributed by atoms with van der Waals surface area (Å²) in [7, 11) is 1.54. The Hall–Kier alpha value is -2.82. The van der Waals surface area contributed by atoms with E-state index in [1.807, 2.05) is 18.3 Å². The van der Waals surface area contributed by atoms with Gasteiger partial charge >= 0.3 is 0 Å². The minimum Gasteiger partial charge on any atom is -0.493 e. The van der Waals surface area contributed by atoms with Crippen molar-refractivity contribution in [3.8, 4) is 5.75 Å². The lowest BCUT2D eigenvalue weighted by Gasteiger charge is -2.08. The van der Waals surface area contributed by atoms with Gasteiger partial charge in [-0.05, 0) is 35.7 Å². The number of anilines is 1. The molecule has 0 aliphatic carbocycles. The van der Waals surface area contributed by atoms with Crippen molar-refractivity contribution in [2.24, 2.45) is 0 Å². The van der Waals surface area contributed by atoms with Gasteiger partial charge in [-0.3, -0.25) is 4.79 Å². The zero-order valence-electron chi connectivity index (χ0n) is 10.9. The molecule has 1 amide bonds. The van der Waals surface area contributed by atoms with Crippen LogP contribution in [0.3, 0.4) is 0 Å². The Morgan fingerprint density at radius 3 is 3.05 bits per heavy atom. The second-order valence-corrected chi connectivity index (χ2v) is 4.29. The molecule has 2 aromatic heterocycles. The average molecular weight is 267 g/mol. The van der Waals surface area contributed by atoms with Gasteiger partial charge in [0, 0.05) is 23.5 Å². The van der Waals surface area contributed by atoms with E-state index in [9.17, 15) is 4.79 Å². The Morgan fingerprint density at radius 2 is 2.20 bits per heavy atom. The van der Waals surface area contributed by atoms with Crippen LogP contribution in [-0.4, -0.2) is 23.0 Å². The van der Waals surface area contributed by atoms with E-state index in [1.54, 1.807) is 30.5 Å². The number of nitrogens with zero attached hydrogens (tertiary/aromatic N) is 1. The van der Waals surface area contributed by atoms with E-state index in [0.29, 0.717) is 17.1 Å². The van der Waals surface area contributed by atoms with Crippen molar-refractivity contribution >= 4 is 22.6 Å². The number of benzene rings is 1. The molecule has 3 aromatic rings. The molecule has 2 heterocycles. The van der Waals surface area contributed by atoms with Gasteiger partial charge in [0.15, 0.2) is 11.6 Å². The largest absolute Gasteiger partial charge is 0.493 e. The number of methoxy groups -OCH3 is 1. The number of pyridine rings is 1. The summed E-state index contributed by atoms with van der Waals surface area (Å²) < 4.78 is 5.16. The summed E-state index contributed by atoms with van der Waals surface area (Å²) in [6.07, 6.45) is 3.44. The lowest BCUT2D eigenvalue weighted by Crippen LogP contribution is -2.13. The van der Waals surface area contributed by atoms with Crippen LogP contribution in [0.25, 0.3) is 10.9 Å². The third-order valence-corrected chi connectivity index (χ3v) is 3.04. The highest BCUT2D eigenvalue weighted by atomic mass is 16.5. The van der Waals surface area contributed by atoms with E-state index in [1.165, 1.54) is 7.11 Å². The third kappa shape index (κ3) is 2.21. The van der Waals surface area contributed by atoms with Crippen LogP contribution >= 0.6 is 0 Å². The number of aromatic amines is 1. The van der Waals surface area contributed by atoms with Gasteiger partial charge in [-0.15, -0.1) is 0 Å². The maximum Gasteiger partial charge on any atom is 0.256 e. The Bertz CT molecular complexity index is 764. The highest BCUT2D eigenvalue weighted by Crippen LogP contribution is 2.21. The van der Waals surface area contributed by atoms with Gasteiger partial charge < -0.3 is 15.0 Å². The van der Waals surface area contributed by atoms with Crippen molar-refractivity contribution in [1.29, 1.82) is 0 Å². The van der Waals surface area contributed by atoms with Gasteiger partial charge in [0.1, 0.15) is 0 Å². The number of carbonyl (C=O) groups excluding carboxylic acids is 1. The lowest BCUT2D eigenvalue weighted by molar-refractivity contribution is 0.102. The van der Waals surface area contributed by atoms with Gasteiger partial charge in [-0.25, -0.2) is 4.98 Å². The summed E-state index contributed by atoms with van der Waals surface area (Å²) >= 11 is 0. The molecule has 0 spiro atoms. The topological polar surface area (TPSA) is 67.0 Å². The molecule has 0 atom stereocenters. The number of H-pyrrole nitrogens is 1. The number of amides is 1. The molecule has 3 rings (SSSR count). The molecule has 2 N–H and O–H groups in total. The first-order valence-corrected chi connectivity index (χ1v) is 6.15. The summed E-state index contributed by atoms with van der Waals surface area (Å²) in [5, 5.41) is 3.81. The maximum absolute atomic E-state index is 12.2. The van der Waals surface area contributed by atoms with E-state index >= 15 is 0 Å². The molecule has 0 fully saturated rings. The van der Waals surface area contributed by atoms with Gasteiger partial charge in [-0.2, -0.15) is 0 Å². The highest BCUT2D eigenvalue weighted by molar-refractivity contribution is 6.06. The molecule has 0 aliphatic heterocycles. The quantitative estimate of drug-likeness (QED) is 0.766. The second kappa shape index (κ2) is 5.05. The van der Waals surface area contributed by atoms with Gasteiger partial charge in [0.05, 0.1) is 7.11 Å². The van der Waals surface area contributed by atoms with E-state index in [4.69, 9.17) is 4.74 Å². The zero-order valence-corrected chi connectivity index (χ0v) is 10.9. The summed E-state index contributed by atoms with van der Waals surface area (Å²) in [6, 6.07) is 10.9. The van der Waals surface area contributed by atoms with Gasteiger partial charge in [0.25, 0.3) is 5.91 Å². The zero-order chi connectivity index (χ0) is 13.9. The number of ether oxygens (including phenoxy) is 1.